The Bertz CT molecular complexity index is 790. The molecule has 1 heterocycles. The van der Waals surface area contributed by atoms with Crippen molar-refractivity contribution >= 4 is 0 Å². The van der Waals surface area contributed by atoms with E-state index in [9.17, 15) is 9.50 Å². The molecule has 3 aromatic rings. The number of nitrogens with one attached hydrogen (secondary N) is 1. The van der Waals surface area contributed by atoms with Gasteiger partial charge in [0.05, 0.1) is 5.69 Å². The van der Waals surface area contributed by atoms with Crippen molar-refractivity contribution in [3.63, 3.8) is 0 Å². The van der Waals surface area contributed by atoms with Crippen molar-refractivity contribution in [1.82, 2.24) is 10.3 Å². The number of phenols is 1. The lowest BCUT2D eigenvalue weighted by Gasteiger charge is -2.09. The molecular weight excluding hydrogens is 291 g/mol. The zero-order valence-electron chi connectivity index (χ0n) is 12.5. The molecule has 2 N–H and O–H groups in total. The molecule has 23 heavy (non-hydrogen) atoms. The Balaban J connectivity index is 1.70. The smallest absolute Gasteiger partial charge is 0.123 e. The van der Waals surface area contributed by atoms with Crippen LogP contribution < -0.4 is 5.32 Å². The van der Waals surface area contributed by atoms with Crippen molar-refractivity contribution in [3.8, 4) is 17.0 Å². The third-order valence-electron chi connectivity index (χ3n) is 3.57. The molecule has 3 nitrogen and oxygen atoms in total. The standard InChI is InChI=1S/C19H17FN2O/c20-17-5-3-4-14(10-17)12-21-13-16-11-15(7-8-19(16)23)18-6-1-2-9-22-18/h1-11,21,23H,12-13H2. The zero-order chi connectivity index (χ0) is 16.1. The van der Waals surface area contributed by atoms with Crippen LogP contribution in [0.4, 0.5) is 4.39 Å². The molecule has 2 aromatic carbocycles. The molecule has 0 saturated heterocycles. The van der Waals surface area contributed by atoms with Gasteiger partial charge in [-0.3, -0.25) is 4.98 Å². The Labute approximate surface area is 134 Å². The lowest BCUT2D eigenvalue weighted by molar-refractivity contribution is 0.464. The van der Waals surface area contributed by atoms with Crippen LogP contribution in [-0.2, 0) is 13.1 Å². The van der Waals surface area contributed by atoms with E-state index in [-0.39, 0.29) is 11.6 Å². The Kier molecular flexibility index (Phi) is 4.64. The third kappa shape index (κ3) is 3.93. The predicted molar refractivity (Wildman–Crippen MR) is 88.3 cm³/mol. The summed E-state index contributed by atoms with van der Waals surface area (Å²) in [6, 6.07) is 17.6. The van der Waals surface area contributed by atoms with Crippen LogP contribution in [0.15, 0.2) is 66.9 Å². The second-order valence-corrected chi connectivity index (χ2v) is 5.29. The summed E-state index contributed by atoms with van der Waals surface area (Å²) in [7, 11) is 0. The van der Waals surface area contributed by atoms with Gasteiger partial charge in [-0.25, -0.2) is 4.39 Å². The van der Waals surface area contributed by atoms with Crippen LogP contribution in [-0.4, -0.2) is 10.1 Å². The number of hydrogen-bond donors (Lipinski definition) is 2. The van der Waals surface area contributed by atoms with Gasteiger partial charge in [0.25, 0.3) is 0 Å². The van der Waals surface area contributed by atoms with Gasteiger partial charge in [-0.05, 0) is 48.0 Å². The van der Waals surface area contributed by atoms with E-state index in [4.69, 9.17) is 0 Å². The van der Waals surface area contributed by atoms with Crippen molar-refractivity contribution in [3.05, 3.63) is 83.8 Å². The van der Waals surface area contributed by atoms with E-state index >= 15 is 0 Å². The van der Waals surface area contributed by atoms with Gasteiger partial charge in [0.1, 0.15) is 11.6 Å². The number of aromatic nitrogens is 1. The van der Waals surface area contributed by atoms with E-state index in [1.54, 1.807) is 18.3 Å². The first-order chi connectivity index (χ1) is 11.2. The number of hydrogen-bond acceptors (Lipinski definition) is 3. The highest BCUT2D eigenvalue weighted by molar-refractivity contribution is 5.61. The predicted octanol–water partition coefficient (Wildman–Crippen LogP) is 3.88. The van der Waals surface area contributed by atoms with Crippen molar-refractivity contribution in [2.45, 2.75) is 13.1 Å². The number of pyridine rings is 1. The zero-order valence-corrected chi connectivity index (χ0v) is 12.5. The molecule has 0 saturated carbocycles. The molecule has 0 bridgehead atoms. The van der Waals surface area contributed by atoms with Crippen molar-refractivity contribution in [2.75, 3.05) is 0 Å². The average molecular weight is 308 g/mol. The number of benzene rings is 2. The fourth-order valence-electron chi connectivity index (χ4n) is 2.41. The highest BCUT2D eigenvalue weighted by Crippen LogP contribution is 2.24. The van der Waals surface area contributed by atoms with Crippen molar-refractivity contribution in [2.24, 2.45) is 0 Å². The van der Waals surface area contributed by atoms with Crippen molar-refractivity contribution < 1.29 is 9.50 Å². The summed E-state index contributed by atoms with van der Waals surface area (Å²) >= 11 is 0. The van der Waals surface area contributed by atoms with Gasteiger partial charge in [-0.15, -0.1) is 0 Å². The van der Waals surface area contributed by atoms with Crippen LogP contribution in [0.25, 0.3) is 11.3 Å². The Morgan fingerprint density at radius 1 is 0.957 bits per heavy atom. The lowest BCUT2D eigenvalue weighted by Crippen LogP contribution is -2.13. The minimum absolute atomic E-state index is 0.233. The highest BCUT2D eigenvalue weighted by atomic mass is 19.1. The summed E-state index contributed by atoms with van der Waals surface area (Å²) in [6.07, 6.45) is 1.74. The SMILES string of the molecule is Oc1ccc(-c2ccccn2)cc1CNCc1cccc(F)c1. The first kappa shape index (κ1) is 15.2. The van der Waals surface area contributed by atoms with Gasteiger partial charge in [-0.2, -0.15) is 0 Å². The molecule has 0 unspecified atom stereocenters. The summed E-state index contributed by atoms with van der Waals surface area (Å²) in [6.45, 7) is 1.02. The fourth-order valence-corrected chi connectivity index (χ4v) is 2.41. The molecule has 0 fully saturated rings. The number of aromatic hydroxyl groups is 1. The molecule has 0 atom stereocenters. The van der Waals surface area contributed by atoms with E-state index in [1.165, 1.54) is 12.1 Å². The monoisotopic (exact) mass is 308 g/mol. The lowest BCUT2D eigenvalue weighted by atomic mass is 10.1. The number of phenolic OH excluding ortho intramolecular Hbond substituents is 1. The van der Waals surface area contributed by atoms with Crippen molar-refractivity contribution in [1.29, 1.82) is 0 Å². The summed E-state index contributed by atoms with van der Waals surface area (Å²) in [4.78, 5) is 4.31. The summed E-state index contributed by atoms with van der Waals surface area (Å²) in [5.74, 6) is -0.0132. The molecule has 0 aliphatic rings. The van der Waals surface area contributed by atoms with Crippen LogP contribution >= 0.6 is 0 Å². The van der Waals surface area contributed by atoms with E-state index < -0.39 is 0 Å². The summed E-state index contributed by atoms with van der Waals surface area (Å²) in [5, 5.41) is 13.2. The number of halogens is 1. The largest absolute Gasteiger partial charge is 0.508 e. The van der Waals surface area contributed by atoms with Crippen LogP contribution in [0.5, 0.6) is 5.75 Å². The molecule has 116 valence electrons. The minimum atomic E-state index is -0.246. The van der Waals surface area contributed by atoms with E-state index in [0.29, 0.717) is 13.1 Å². The highest BCUT2D eigenvalue weighted by Gasteiger charge is 2.05. The van der Waals surface area contributed by atoms with E-state index in [1.807, 2.05) is 36.4 Å². The summed E-state index contributed by atoms with van der Waals surface area (Å²) < 4.78 is 13.1. The molecule has 0 spiro atoms. The van der Waals surface area contributed by atoms with E-state index in [0.717, 1.165) is 22.4 Å². The minimum Gasteiger partial charge on any atom is -0.508 e. The average Bonchev–Trinajstić information content (AvgIpc) is 2.57. The molecular formula is C19H17FN2O. The fraction of sp³-hybridized carbons (Fsp3) is 0.105. The second kappa shape index (κ2) is 7.03. The molecule has 0 aliphatic carbocycles. The number of nitrogens with zero attached hydrogens (tertiary/aromatic N) is 1. The molecule has 0 amide bonds. The van der Waals surface area contributed by atoms with Crippen LogP contribution in [0.3, 0.4) is 0 Å². The number of rotatable bonds is 5. The first-order valence-corrected chi connectivity index (χ1v) is 7.41. The van der Waals surface area contributed by atoms with Crippen LogP contribution in [0.2, 0.25) is 0 Å². The van der Waals surface area contributed by atoms with Gasteiger partial charge in [0.2, 0.25) is 0 Å². The maximum atomic E-state index is 13.1. The second-order valence-electron chi connectivity index (χ2n) is 5.29. The Morgan fingerprint density at radius 3 is 2.65 bits per heavy atom. The van der Waals surface area contributed by atoms with Crippen LogP contribution in [0.1, 0.15) is 11.1 Å². The van der Waals surface area contributed by atoms with Gasteiger partial charge in [-0.1, -0.05) is 18.2 Å². The third-order valence-corrected chi connectivity index (χ3v) is 3.57. The first-order valence-electron chi connectivity index (χ1n) is 7.41. The Morgan fingerprint density at radius 2 is 1.87 bits per heavy atom. The molecule has 3 rings (SSSR count). The van der Waals surface area contributed by atoms with Gasteiger partial charge in [0.15, 0.2) is 0 Å². The molecule has 0 radical (unpaired) electrons. The quantitative estimate of drug-likeness (QED) is 0.752. The molecule has 0 aliphatic heterocycles. The topological polar surface area (TPSA) is 45.2 Å². The van der Waals surface area contributed by atoms with Gasteiger partial charge in [0, 0.05) is 30.4 Å². The normalized spacial score (nSPS) is 10.7. The molecule has 1 aromatic heterocycles. The van der Waals surface area contributed by atoms with E-state index in [2.05, 4.69) is 10.3 Å². The molecule has 4 heteroatoms. The van der Waals surface area contributed by atoms with Gasteiger partial charge >= 0.3 is 0 Å². The Hall–Kier alpha value is -2.72. The summed E-state index contributed by atoms with van der Waals surface area (Å²) in [5.41, 5.74) is 3.46. The van der Waals surface area contributed by atoms with Gasteiger partial charge < -0.3 is 10.4 Å². The van der Waals surface area contributed by atoms with Crippen LogP contribution in [0, 0.1) is 5.82 Å². The maximum absolute atomic E-state index is 13.1. The maximum Gasteiger partial charge on any atom is 0.123 e.